The zero-order valence-electron chi connectivity index (χ0n) is 10.9. The summed E-state index contributed by atoms with van der Waals surface area (Å²) in [5.41, 5.74) is 2.54. The highest BCUT2D eigenvalue weighted by molar-refractivity contribution is 5.17. The van der Waals surface area contributed by atoms with E-state index in [-0.39, 0.29) is 0 Å². The minimum Gasteiger partial charge on any atom is -0.314 e. The first-order valence-electron chi connectivity index (χ1n) is 6.62. The molecule has 1 saturated heterocycles. The van der Waals surface area contributed by atoms with Crippen molar-refractivity contribution in [3.05, 3.63) is 29.6 Å². The van der Waals surface area contributed by atoms with E-state index in [9.17, 15) is 0 Å². The summed E-state index contributed by atoms with van der Waals surface area (Å²) in [7, 11) is 0. The molecule has 1 aliphatic rings. The molecular weight excluding hydrogens is 210 g/mol. The van der Waals surface area contributed by atoms with Crippen molar-refractivity contribution in [3.63, 3.8) is 0 Å². The lowest BCUT2D eigenvalue weighted by Crippen LogP contribution is -2.38. The van der Waals surface area contributed by atoms with Crippen molar-refractivity contribution in [2.45, 2.75) is 39.3 Å². The summed E-state index contributed by atoms with van der Waals surface area (Å²) in [5.74, 6) is 0. The molecule has 0 amide bonds. The second kappa shape index (κ2) is 6.12. The lowest BCUT2D eigenvalue weighted by molar-refractivity contribution is 0.227. The van der Waals surface area contributed by atoms with Crippen LogP contribution in [0.3, 0.4) is 0 Å². The number of aromatic nitrogens is 1. The van der Waals surface area contributed by atoms with E-state index < -0.39 is 0 Å². The lowest BCUT2D eigenvalue weighted by atomic mass is 10.1. The van der Waals surface area contributed by atoms with Crippen LogP contribution in [0.1, 0.15) is 31.0 Å². The first-order valence-corrected chi connectivity index (χ1v) is 6.62. The molecule has 17 heavy (non-hydrogen) atoms. The Morgan fingerprint density at radius 3 is 3.18 bits per heavy atom. The fourth-order valence-corrected chi connectivity index (χ4v) is 2.30. The van der Waals surface area contributed by atoms with Crippen LogP contribution in [0.15, 0.2) is 18.3 Å². The van der Waals surface area contributed by atoms with Crippen molar-refractivity contribution in [2.24, 2.45) is 0 Å². The number of hydrogen-bond acceptors (Lipinski definition) is 3. The van der Waals surface area contributed by atoms with Gasteiger partial charge in [-0.3, -0.25) is 9.88 Å². The fraction of sp³-hybridized carbons (Fsp3) is 0.643. The van der Waals surface area contributed by atoms with E-state index in [0.717, 1.165) is 13.1 Å². The summed E-state index contributed by atoms with van der Waals surface area (Å²) in [6.45, 7) is 8.91. The Bertz CT molecular complexity index is 351. The minimum absolute atomic E-state index is 0.641. The maximum Gasteiger partial charge on any atom is 0.0573 e. The van der Waals surface area contributed by atoms with Gasteiger partial charge in [0, 0.05) is 25.3 Å². The summed E-state index contributed by atoms with van der Waals surface area (Å²) >= 11 is 0. The highest BCUT2D eigenvalue weighted by atomic mass is 15.1. The van der Waals surface area contributed by atoms with E-state index >= 15 is 0 Å². The molecule has 0 aromatic carbocycles. The molecule has 1 aromatic heterocycles. The van der Waals surface area contributed by atoms with E-state index in [0.29, 0.717) is 6.04 Å². The Hall–Kier alpha value is -0.930. The zero-order valence-corrected chi connectivity index (χ0v) is 10.9. The van der Waals surface area contributed by atoms with E-state index in [2.05, 4.69) is 35.1 Å². The highest BCUT2D eigenvalue weighted by Gasteiger charge is 2.13. The van der Waals surface area contributed by atoms with Crippen molar-refractivity contribution in [3.8, 4) is 0 Å². The van der Waals surface area contributed by atoms with Gasteiger partial charge in [0.2, 0.25) is 0 Å². The molecule has 0 aliphatic carbocycles. The van der Waals surface area contributed by atoms with Crippen molar-refractivity contribution in [1.82, 2.24) is 15.2 Å². The number of pyridine rings is 1. The molecular formula is C14H23N3. The van der Waals surface area contributed by atoms with Gasteiger partial charge in [-0.05, 0) is 51.4 Å². The van der Waals surface area contributed by atoms with Gasteiger partial charge in [0.25, 0.3) is 0 Å². The normalized spacial score (nSPS) is 23.1. The van der Waals surface area contributed by atoms with Crippen molar-refractivity contribution >= 4 is 0 Å². The molecule has 1 unspecified atom stereocenters. The maximum absolute atomic E-state index is 4.49. The molecule has 1 aromatic rings. The molecule has 2 rings (SSSR count). The van der Waals surface area contributed by atoms with Gasteiger partial charge in [0.1, 0.15) is 0 Å². The fourth-order valence-electron chi connectivity index (χ4n) is 2.30. The molecule has 1 fully saturated rings. The van der Waals surface area contributed by atoms with Gasteiger partial charge < -0.3 is 5.32 Å². The van der Waals surface area contributed by atoms with Crippen LogP contribution in [0.2, 0.25) is 0 Å². The molecule has 1 atom stereocenters. The number of hydrogen-bond donors (Lipinski definition) is 1. The average Bonchev–Trinajstić information content (AvgIpc) is 2.31. The van der Waals surface area contributed by atoms with Crippen LogP contribution >= 0.6 is 0 Å². The third-order valence-electron chi connectivity index (χ3n) is 3.51. The Morgan fingerprint density at radius 2 is 2.35 bits per heavy atom. The summed E-state index contributed by atoms with van der Waals surface area (Å²) < 4.78 is 0. The molecule has 94 valence electrons. The molecule has 0 radical (unpaired) electrons. The van der Waals surface area contributed by atoms with Crippen LogP contribution < -0.4 is 5.32 Å². The first-order chi connectivity index (χ1) is 8.25. The van der Waals surface area contributed by atoms with Gasteiger partial charge in [-0.15, -0.1) is 0 Å². The predicted molar refractivity (Wildman–Crippen MR) is 70.9 cm³/mol. The van der Waals surface area contributed by atoms with E-state index in [4.69, 9.17) is 0 Å². The zero-order chi connectivity index (χ0) is 12.1. The van der Waals surface area contributed by atoms with E-state index in [1.807, 2.05) is 12.3 Å². The van der Waals surface area contributed by atoms with Crippen molar-refractivity contribution < 1.29 is 0 Å². The quantitative estimate of drug-likeness (QED) is 0.846. The second-order valence-corrected chi connectivity index (χ2v) is 5.04. The number of nitrogens with one attached hydrogen (secondary N) is 1. The topological polar surface area (TPSA) is 28.2 Å². The second-order valence-electron chi connectivity index (χ2n) is 5.04. The van der Waals surface area contributed by atoms with E-state index in [1.54, 1.807) is 0 Å². The molecule has 1 aliphatic heterocycles. The van der Waals surface area contributed by atoms with Crippen LogP contribution in [-0.4, -0.2) is 35.6 Å². The van der Waals surface area contributed by atoms with Crippen LogP contribution in [0.25, 0.3) is 0 Å². The summed E-state index contributed by atoms with van der Waals surface area (Å²) in [5, 5.41) is 3.54. The Balaban J connectivity index is 1.95. The Labute approximate surface area is 104 Å². The Kier molecular flexibility index (Phi) is 4.51. The van der Waals surface area contributed by atoms with Crippen LogP contribution in [0, 0.1) is 6.92 Å². The van der Waals surface area contributed by atoms with Gasteiger partial charge >= 0.3 is 0 Å². The standard InChI is InChI=1S/C14H23N3/c1-12-5-3-7-16-14(12)11-17-9-4-8-15-13(2)6-10-17/h3,5,7,13,15H,4,6,8-11H2,1-2H3. The van der Waals surface area contributed by atoms with Crippen molar-refractivity contribution in [2.75, 3.05) is 19.6 Å². The highest BCUT2D eigenvalue weighted by Crippen LogP contribution is 2.10. The molecule has 0 bridgehead atoms. The number of rotatable bonds is 2. The first kappa shape index (κ1) is 12.5. The smallest absolute Gasteiger partial charge is 0.0573 e. The summed E-state index contributed by atoms with van der Waals surface area (Å²) in [6, 6.07) is 4.80. The van der Waals surface area contributed by atoms with Gasteiger partial charge in [0.05, 0.1) is 5.69 Å². The third kappa shape index (κ3) is 3.79. The van der Waals surface area contributed by atoms with Crippen LogP contribution in [0.5, 0.6) is 0 Å². The van der Waals surface area contributed by atoms with Gasteiger partial charge in [-0.25, -0.2) is 0 Å². The van der Waals surface area contributed by atoms with Crippen LogP contribution in [-0.2, 0) is 6.54 Å². The monoisotopic (exact) mass is 233 g/mol. The van der Waals surface area contributed by atoms with Crippen molar-refractivity contribution in [1.29, 1.82) is 0 Å². The molecule has 1 N–H and O–H groups in total. The molecule has 3 nitrogen and oxygen atoms in total. The van der Waals surface area contributed by atoms with Gasteiger partial charge in [-0.2, -0.15) is 0 Å². The van der Waals surface area contributed by atoms with Gasteiger partial charge in [0.15, 0.2) is 0 Å². The lowest BCUT2D eigenvalue weighted by Gasteiger charge is -2.27. The third-order valence-corrected chi connectivity index (χ3v) is 3.51. The maximum atomic E-state index is 4.49. The summed E-state index contributed by atoms with van der Waals surface area (Å²) in [6.07, 6.45) is 4.36. The largest absolute Gasteiger partial charge is 0.314 e. The van der Waals surface area contributed by atoms with E-state index in [1.165, 1.54) is 37.2 Å². The average molecular weight is 233 g/mol. The predicted octanol–water partition coefficient (Wildman–Crippen LogP) is 1.96. The van der Waals surface area contributed by atoms with Crippen LogP contribution in [0.4, 0.5) is 0 Å². The Morgan fingerprint density at radius 1 is 1.47 bits per heavy atom. The molecule has 0 saturated carbocycles. The minimum atomic E-state index is 0.641. The summed E-state index contributed by atoms with van der Waals surface area (Å²) in [4.78, 5) is 7.02. The van der Waals surface area contributed by atoms with Gasteiger partial charge in [-0.1, -0.05) is 6.07 Å². The molecule has 0 spiro atoms. The number of aryl methyl sites for hydroxylation is 1. The SMILES string of the molecule is Cc1cccnc1CN1CCCNC(C)CC1. The number of nitrogens with zero attached hydrogens (tertiary/aromatic N) is 2. The molecule has 2 heterocycles. The molecule has 3 heteroatoms.